The number of amides is 3. The van der Waals surface area contributed by atoms with Crippen LogP contribution in [0.25, 0.3) is 0 Å². The fourth-order valence-electron chi connectivity index (χ4n) is 5.42. The Morgan fingerprint density at radius 1 is 0.932 bits per heavy atom. The highest BCUT2D eigenvalue weighted by atomic mass is 16.7. The smallest absolute Gasteiger partial charge is 0.408 e. The first-order valence-corrected chi connectivity index (χ1v) is 14.9. The third-order valence-corrected chi connectivity index (χ3v) is 7.72. The fourth-order valence-corrected chi connectivity index (χ4v) is 5.42. The zero-order valence-electron chi connectivity index (χ0n) is 26.7. The van der Waals surface area contributed by atoms with Gasteiger partial charge in [-0.3, -0.25) is 9.59 Å². The highest BCUT2D eigenvalue weighted by Crippen LogP contribution is 2.33. The van der Waals surface area contributed by atoms with Gasteiger partial charge in [-0.05, 0) is 74.3 Å². The van der Waals surface area contributed by atoms with Gasteiger partial charge >= 0.3 is 6.09 Å². The number of fused-ring (bicyclic) bond motifs is 1. The second kappa shape index (κ2) is 14.8. The van der Waals surface area contributed by atoms with Gasteiger partial charge in [-0.15, -0.1) is 0 Å². The minimum atomic E-state index is -1.18. The van der Waals surface area contributed by atoms with E-state index < -0.39 is 41.4 Å². The molecule has 0 radical (unpaired) electrons. The number of benzene rings is 2. The lowest BCUT2D eigenvalue weighted by Crippen LogP contribution is -2.60. The molecule has 0 fully saturated rings. The van der Waals surface area contributed by atoms with E-state index in [-0.39, 0.29) is 36.3 Å². The lowest BCUT2D eigenvalue weighted by molar-refractivity contribution is -0.142. The standard InChI is InChI=1S/C33H47N3O8/c1-32(2,3)44-31(41)35-24(17-20-15-16-25(37)26(38)18-20)29(39)36-28(33(4,5)19-27(42-6)43-7)30(40)34-23-14-10-12-21-11-8-9-13-22(21)23/h8-9,11,13,15-16,18,23-24,27-28,37-38H,10,12,14,17,19H2,1-7H3,(H,34,40)(H,35,41)(H,36,39)/t23-,24?,28?/m1/s1. The average Bonchev–Trinajstić information content (AvgIpc) is 2.95. The predicted molar refractivity (Wildman–Crippen MR) is 165 cm³/mol. The number of hydrogen-bond donors (Lipinski definition) is 5. The monoisotopic (exact) mass is 613 g/mol. The number of phenols is 2. The van der Waals surface area contributed by atoms with Crippen LogP contribution >= 0.6 is 0 Å². The van der Waals surface area contributed by atoms with Crippen LogP contribution in [0.5, 0.6) is 11.5 Å². The van der Waals surface area contributed by atoms with Gasteiger partial charge < -0.3 is 40.4 Å². The van der Waals surface area contributed by atoms with E-state index in [0.717, 1.165) is 24.8 Å². The third-order valence-electron chi connectivity index (χ3n) is 7.72. The van der Waals surface area contributed by atoms with E-state index in [1.54, 1.807) is 20.8 Å². The molecule has 0 bridgehead atoms. The predicted octanol–water partition coefficient (Wildman–Crippen LogP) is 4.25. The number of aryl methyl sites for hydroxylation is 1. The molecule has 0 heterocycles. The van der Waals surface area contributed by atoms with Crippen molar-refractivity contribution < 1.29 is 38.8 Å². The number of carbonyl (C=O) groups excluding carboxylic acids is 3. The maximum Gasteiger partial charge on any atom is 0.408 e. The van der Waals surface area contributed by atoms with Gasteiger partial charge in [0, 0.05) is 27.1 Å². The van der Waals surface area contributed by atoms with Gasteiger partial charge in [0.2, 0.25) is 11.8 Å². The molecule has 0 saturated heterocycles. The molecule has 0 spiro atoms. The summed E-state index contributed by atoms with van der Waals surface area (Å²) < 4.78 is 16.3. The van der Waals surface area contributed by atoms with Crippen LogP contribution in [-0.4, -0.2) is 66.3 Å². The quantitative estimate of drug-likeness (QED) is 0.176. The van der Waals surface area contributed by atoms with E-state index in [0.29, 0.717) is 5.56 Å². The minimum absolute atomic E-state index is 0.0531. The molecule has 3 rings (SSSR count). The molecule has 11 heteroatoms. The average molecular weight is 614 g/mol. The molecule has 2 aromatic rings. The van der Waals surface area contributed by atoms with Crippen molar-refractivity contribution in [2.24, 2.45) is 5.41 Å². The molecule has 1 aliphatic rings. The van der Waals surface area contributed by atoms with Crippen LogP contribution in [0, 0.1) is 5.41 Å². The van der Waals surface area contributed by atoms with Crippen molar-refractivity contribution in [3.05, 3.63) is 59.2 Å². The molecule has 242 valence electrons. The van der Waals surface area contributed by atoms with Crippen LogP contribution in [0.3, 0.4) is 0 Å². The maximum atomic E-state index is 14.1. The Kier molecular flexibility index (Phi) is 11.6. The van der Waals surface area contributed by atoms with Crippen LogP contribution in [0.2, 0.25) is 0 Å². The van der Waals surface area contributed by atoms with Gasteiger partial charge in [0.1, 0.15) is 17.7 Å². The van der Waals surface area contributed by atoms with Crippen molar-refractivity contribution in [3.63, 3.8) is 0 Å². The van der Waals surface area contributed by atoms with E-state index in [4.69, 9.17) is 14.2 Å². The molecule has 44 heavy (non-hydrogen) atoms. The lowest BCUT2D eigenvalue weighted by Gasteiger charge is -2.38. The van der Waals surface area contributed by atoms with Gasteiger partial charge in [-0.25, -0.2) is 4.79 Å². The third kappa shape index (κ3) is 9.59. The number of alkyl carbamates (subject to hydrolysis) is 1. The van der Waals surface area contributed by atoms with Crippen LogP contribution in [0.1, 0.15) is 76.6 Å². The molecule has 0 aliphatic heterocycles. The number of ether oxygens (including phenoxy) is 3. The molecule has 2 unspecified atom stereocenters. The summed E-state index contributed by atoms with van der Waals surface area (Å²) in [5, 5.41) is 28.4. The molecule has 3 atom stereocenters. The van der Waals surface area contributed by atoms with E-state index in [9.17, 15) is 24.6 Å². The number of methoxy groups -OCH3 is 2. The van der Waals surface area contributed by atoms with Gasteiger partial charge in [0.25, 0.3) is 0 Å². The summed E-state index contributed by atoms with van der Waals surface area (Å²) in [5.74, 6) is -1.69. The number of hydrogen-bond acceptors (Lipinski definition) is 8. The molecule has 1 aliphatic carbocycles. The number of aromatic hydroxyl groups is 2. The summed E-state index contributed by atoms with van der Waals surface area (Å²) in [6.45, 7) is 8.79. The van der Waals surface area contributed by atoms with Crippen LogP contribution in [-0.2, 0) is 36.6 Å². The summed E-state index contributed by atoms with van der Waals surface area (Å²) in [5.41, 5.74) is 1.02. The summed E-state index contributed by atoms with van der Waals surface area (Å²) >= 11 is 0. The molecule has 0 saturated carbocycles. The number of rotatable bonds is 12. The number of nitrogens with one attached hydrogen (secondary N) is 3. The molecule has 5 N–H and O–H groups in total. The SMILES string of the molecule is COC(CC(C)(C)C(NC(=O)C(Cc1ccc(O)c(O)c1)NC(=O)OC(C)(C)C)C(=O)N[C@@H]1CCCc2ccccc21)OC. The van der Waals surface area contributed by atoms with Crippen LogP contribution < -0.4 is 16.0 Å². The highest BCUT2D eigenvalue weighted by Gasteiger charge is 2.41. The Morgan fingerprint density at radius 3 is 2.25 bits per heavy atom. The largest absolute Gasteiger partial charge is 0.504 e. The molecule has 3 amide bonds. The van der Waals surface area contributed by atoms with Gasteiger partial charge in [0.05, 0.1) is 6.04 Å². The van der Waals surface area contributed by atoms with E-state index in [1.165, 1.54) is 38.0 Å². The summed E-state index contributed by atoms with van der Waals surface area (Å²) in [7, 11) is 3.01. The highest BCUT2D eigenvalue weighted by molar-refractivity contribution is 5.92. The Labute approximate surface area is 259 Å². The topological polar surface area (TPSA) is 155 Å². The Hall–Kier alpha value is -3.83. The van der Waals surface area contributed by atoms with Crippen molar-refractivity contribution in [2.75, 3.05) is 14.2 Å². The van der Waals surface area contributed by atoms with E-state index in [2.05, 4.69) is 22.0 Å². The maximum absolute atomic E-state index is 14.1. The van der Waals surface area contributed by atoms with Gasteiger partial charge in [-0.1, -0.05) is 44.2 Å². The number of carbonyl (C=O) groups is 3. The summed E-state index contributed by atoms with van der Waals surface area (Å²) in [6, 6.07) is 9.68. The minimum Gasteiger partial charge on any atom is -0.504 e. The van der Waals surface area contributed by atoms with Crippen molar-refractivity contribution in [1.29, 1.82) is 0 Å². The first kappa shape index (κ1) is 34.7. The summed E-state index contributed by atoms with van der Waals surface area (Å²) in [4.78, 5) is 40.8. The van der Waals surface area contributed by atoms with E-state index in [1.807, 2.05) is 32.0 Å². The number of phenolic OH excluding ortho intramolecular Hbond substituents is 2. The fraction of sp³-hybridized carbons (Fsp3) is 0.545. The van der Waals surface area contributed by atoms with Crippen molar-refractivity contribution >= 4 is 17.9 Å². The summed E-state index contributed by atoms with van der Waals surface area (Å²) in [6.07, 6.45) is 1.37. The first-order valence-electron chi connectivity index (χ1n) is 14.9. The second-order valence-corrected chi connectivity index (χ2v) is 12.9. The second-order valence-electron chi connectivity index (χ2n) is 12.9. The van der Waals surface area contributed by atoms with Crippen molar-refractivity contribution in [1.82, 2.24) is 16.0 Å². The zero-order chi connectivity index (χ0) is 32.7. The molecule has 11 nitrogen and oxygen atoms in total. The normalized spacial score (nSPS) is 16.4. The van der Waals surface area contributed by atoms with Crippen molar-refractivity contribution in [2.45, 2.75) is 96.7 Å². The van der Waals surface area contributed by atoms with Crippen LogP contribution in [0.15, 0.2) is 42.5 Å². The first-order chi connectivity index (χ1) is 20.6. The van der Waals surface area contributed by atoms with Crippen LogP contribution in [0.4, 0.5) is 4.79 Å². The van der Waals surface area contributed by atoms with Gasteiger partial charge in [0.15, 0.2) is 17.8 Å². The molecular formula is C33H47N3O8. The molecular weight excluding hydrogens is 566 g/mol. The Morgan fingerprint density at radius 2 is 1.61 bits per heavy atom. The zero-order valence-corrected chi connectivity index (χ0v) is 26.7. The molecule has 2 aromatic carbocycles. The van der Waals surface area contributed by atoms with E-state index >= 15 is 0 Å². The molecule has 0 aromatic heterocycles. The van der Waals surface area contributed by atoms with Gasteiger partial charge in [-0.2, -0.15) is 0 Å². The Balaban J connectivity index is 1.93. The Bertz CT molecular complexity index is 1300. The van der Waals surface area contributed by atoms with Crippen molar-refractivity contribution in [3.8, 4) is 11.5 Å². The lowest BCUT2D eigenvalue weighted by atomic mass is 9.79.